The highest BCUT2D eigenvalue weighted by Gasteiger charge is 2.08. The van der Waals surface area contributed by atoms with Gasteiger partial charge in [-0.05, 0) is 19.1 Å². The molecule has 0 aromatic heterocycles. The summed E-state index contributed by atoms with van der Waals surface area (Å²) in [5, 5.41) is 10.3. The van der Waals surface area contributed by atoms with E-state index < -0.39 is 4.92 Å². The van der Waals surface area contributed by atoms with Gasteiger partial charge < -0.3 is 10.5 Å². The van der Waals surface area contributed by atoms with Gasteiger partial charge in [-0.2, -0.15) is 0 Å². The molecule has 0 unspecified atom stereocenters. The third kappa shape index (κ3) is 2.90. The Kier molecular flexibility index (Phi) is 4.15. The second kappa shape index (κ2) is 4.87. The molecule has 0 aliphatic rings. The highest BCUT2D eigenvalue weighted by atomic mass is 16.6. The number of benzene rings is 1. The Balaban J connectivity index is 0.000000671. The summed E-state index contributed by atoms with van der Waals surface area (Å²) >= 11 is 0. The van der Waals surface area contributed by atoms with E-state index in [4.69, 9.17) is 10.5 Å². The Labute approximate surface area is 75.3 Å². The molecule has 0 aliphatic heterocycles. The fourth-order valence-corrected chi connectivity index (χ4v) is 0.884. The average molecular weight is 182 g/mol. The maximum absolute atomic E-state index is 10.3. The van der Waals surface area contributed by atoms with Crippen LogP contribution in [0.2, 0.25) is 0 Å². The first kappa shape index (κ1) is 11.1. The van der Waals surface area contributed by atoms with E-state index in [1.807, 2.05) is 6.79 Å². The van der Waals surface area contributed by atoms with E-state index in [0.29, 0.717) is 11.3 Å². The van der Waals surface area contributed by atoms with Crippen LogP contribution in [0.15, 0.2) is 18.2 Å². The second-order valence-corrected chi connectivity index (χ2v) is 2.30. The molecule has 1 aromatic rings. The zero-order valence-corrected chi connectivity index (χ0v) is 7.19. The van der Waals surface area contributed by atoms with Crippen LogP contribution in [0, 0.1) is 17.0 Å². The van der Waals surface area contributed by atoms with Gasteiger partial charge in [-0.15, -0.1) is 0 Å². The minimum absolute atomic E-state index is 0.110. The van der Waals surface area contributed by atoms with E-state index in [-0.39, 0.29) is 5.69 Å². The van der Waals surface area contributed by atoms with Crippen LogP contribution in [0.3, 0.4) is 0 Å². The normalized spacial score (nSPS) is 8.38. The fourth-order valence-electron chi connectivity index (χ4n) is 0.884. The molecule has 0 spiro atoms. The van der Waals surface area contributed by atoms with Crippen LogP contribution in [0.4, 0.5) is 11.4 Å². The molecule has 0 fully saturated rings. The van der Waals surface area contributed by atoms with Crippen molar-refractivity contribution in [1.82, 2.24) is 0 Å². The van der Waals surface area contributed by atoms with Gasteiger partial charge in [0.15, 0.2) is 0 Å². The molecular weight excluding hydrogens is 172 g/mol. The number of nitro groups is 1. The summed E-state index contributed by atoms with van der Waals surface area (Å²) < 4.78 is 0. The standard InChI is InChI=1S/C7H8N2O2.CH2O/c1-5-4-6(8)2-3-7(5)9(10)11;1-2/h2-4H,8H2,1H3;1H2. The van der Waals surface area contributed by atoms with Gasteiger partial charge in [0.2, 0.25) is 0 Å². The molecule has 0 radical (unpaired) electrons. The van der Waals surface area contributed by atoms with E-state index in [2.05, 4.69) is 0 Å². The van der Waals surface area contributed by atoms with E-state index in [9.17, 15) is 10.1 Å². The largest absolute Gasteiger partial charge is 0.399 e. The van der Waals surface area contributed by atoms with Crippen molar-refractivity contribution in [2.75, 3.05) is 5.73 Å². The number of nitro benzene ring substituents is 1. The fraction of sp³-hybridized carbons (Fsp3) is 0.125. The van der Waals surface area contributed by atoms with Crippen molar-refractivity contribution in [3.8, 4) is 0 Å². The molecular formula is C8H10N2O3. The predicted octanol–water partition coefficient (Wildman–Crippen LogP) is 1.30. The highest BCUT2D eigenvalue weighted by molar-refractivity contribution is 5.50. The molecule has 5 heteroatoms. The molecule has 5 nitrogen and oxygen atoms in total. The van der Waals surface area contributed by atoms with E-state index in [1.165, 1.54) is 12.1 Å². The molecule has 1 rings (SSSR count). The number of aryl methyl sites for hydroxylation is 1. The van der Waals surface area contributed by atoms with E-state index >= 15 is 0 Å². The summed E-state index contributed by atoms with van der Waals surface area (Å²) in [6.45, 7) is 3.66. The third-order valence-corrected chi connectivity index (χ3v) is 1.42. The van der Waals surface area contributed by atoms with Crippen molar-refractivity contribution in [3.05, 3.63) is 33.9 Å². The third-order valence-electron chi connectivity index (χ3n) is 1.42. The van der Waals surface area contributed by atoms with Gasteiger partial charge in [-0.3, -0.25) is 10.1 Å². The number of hydrogen-bond donors (Lipinski definition) is 1. The van der Waals surface area contributed by atoms with Crippen molar-refractivity contribution in [2.24, 2.45) is 0 Å². The first-order chi connectivity index (χ1) is 6.11. The van der Waals surface area contributed by atoms with Crippen LogP contribution in [0.25, 0.3) is 0 Å². The first-order valence-corrected chi connectivity index (χ1v) is 3.40. The topological polar surface area (TPSA) is 86.2 Å². The first-order valence-electron chi connectivity index (χ1n) is 3.40. The summed E-state index contributed by atoms with van der Waals surface area (Å²) in [5.41, 5.74) is 6.66. The molecule has 2 N–H and O–H groups in total. The van der Waals surface area contributed by atoms with Crippen LogP contribution < -0.4 is 5.73 Å². The van der Waals surface area contributed by atoms with Crippen molar-refractivity contribution in [2.45, 2.75) is 6.92 Å². The SMILES string of the molecule is C=O.Cc1cc(N)ccc1[N+](=O)[O-]. The number of hydrogen-bond acceptors (Lipinski definition) is 4. The van der Waals surface area contributed by atoms with E-state index in [1.54, 1.807) is 13.0 Å². The van der Waals surface area contributed by atoms with Crippen molar-refractivity contribution < 1.29 is 9.72 Å². The number of nitrogens with two attached hydrogens (primary N) is 1. The van der Waals surface area contributed by atoms with Gasteiger partial charge in [-0.1, -0.05) is 0 Å². The predicted molar refractivity (Wildman–Crippen MR) is 49.4 cm³/mol. The quantitative estimate of drug-likeness (QED) is 0.403. The summed E-state index contributed by atoms with van der Waals surface area (Å²) in [6.07, 6.45) is 0. The van der Waals surface area contributed by atoms with Crippen molar-refractivity contribution in [1.29, 1.82) is 0 Å². The van der Waals surface area contributed by atoms with Gasteiger partial charge in [0.25, 0.3) is 5.69 Å². The molecule has 70 valence electrons. The lowest BCUT2D eigenvalue weighted by atomic mass is 10.2. The number of carbonyl (C=O) groups excluding carboxylic acids is 1. The molecule has 0 saturated heterocycles. The van der Waals surface area contributed by atoms with Gasteiger partial charge >= 0.3 is 0 Å². The van der Waals surface area contributed by atoms with Crippen LogP contribution in [0.5, 0.6) is 0 Å². The van der Waals surface area contributed by atoms with Gasteiger partial charge in [0.05, 0.1) is 4.92 Å². The summed E-state index contributed by atoms with van der Waals surface area (Å²) in [7, 11) is 0. The average Bonchev–Trinajstić information content (AvgIpc) is 2.07. The Hall–Kier alpha value is -1.91. The maximum Gasteiger partial charge on any atom is 0.272 e. The van der Waals surface area contributed by atoms with Gasteiger partial charge in [0, 0.05) is 17.3 Å². The lowest BCUT2D eigenvalue weighted by molar-refractivity contribution is -0.385. The van der Waals surface area contributed by atoms with Gasteiger partial charge in [-0.25, -0.2) is 0 Å². The van der Waals surface area contributed by atoms with Crippen LogP contribution >= 0.6 is 0 Å². The Morgan fingerprint density at radius 1 is 1.46 bits per heavy atom. The van der Waals surface area contributed by atoms with Crippen molar-refractivity contribution in [3.63, 3.8) is 0 Å². The maximum atomic E-state index is 10.3. The lowest BCUT2D eigenvalue weighted by Crippen LogP contribution is -1.93. The van der Waals surface area contributed by atoms with Gasteiger partial charge in [0.1, 0.15) is 6.79 Å². The summed E-state index contributed by atoms with van der Waals surface area (Å²) in [6, 6.07) is 4.51. The zero-order chi connectivity index (χ0) is 10.4. The molecule has 1 aromatic carbocycles. The minimum atomic E-state index is -0.422. The number of nitrogens with zero attached hydrogens (tertiary/aromatic N) is 1. The lowest BCUT2D eigenvalue weighted by Gasteiger charge is -1.96. The molecule has 0 amide bonds. The molecule has 0 bridgehead atoms. The van der Waals surface area contributed by atoms with Crippen LogP contribution in [0.1, 0.15) is 5.56 Å². The van der Waals surface area contributed by atoms with Crippen LogP contribution in [-0.4, -0.2) is 11.7 Å². The monoisotopic (exact) mass is 182 g/mol. The summed E-state index contributed by atoms with van der Waals surface area (Å²) in [4.78, 5) is 17.9. The van der Waals surface area contributed by atoms with Crippen molar-refractivity contribution >= 4 is 18.2 Å². The smallest absolute Gasteiger partial charge is 0.272 e. The molecule has 0 saturated carbocycles. The minimum Gasteiger partial charge on any atom is -0.399 e. The highest BCUT2D eigenvalue weighted by Crippen LogP contribution is 2.19. The molecule has 0 aliphatic carbocycles. The zero-order valence-electron chi connectivity index (χ0n) is 7.19. The van der Waals surface area contributed by atoms with E-state index in [0.717, 1.165) is 0 Å². The molecule has 0 heterocycles. The second-order valence-electron chi connectivity index (χ2n) is 2.30. The summed E-state index contributed by atoms with van der Waals surface area (Å²) in [5.74, 6) is 0. The number of carbonyl (C=O) groups is 1. The van der Waals surface area contributed by atoms with Crippen LogP contribution in [-0.2, 0) is 4.79 Å². The Bertz CT molecular complexity index is 312. The Morgan fingerprint density at radius 2 is 2.00 bits per heavy atom. The number of nitrogen functional groups attached to an aromatic ring is 1. The molecule has 0 atom stereocenters. The Morgan fingerprint density at radius 3 is 2.38 bits per heavy atom. The number of rotatable bonds is 1. The molecule has 13 heavy (non-hydrogen) atoms. The number of anilines is 1.